The summed E-state index contributed by atoms with van der Waals surface area (Å²) >= 11 is 0. The van der Waals surface area contributed by atoms with Crippen LogP contribution in [0, 0.1) is 5.92 Å². The van der Waals surface area contributed by atoms with E-state index < -0.39 is 0 Å². The van der Waals surface area contributed by atoms with Gasteiger partial charge in [-0.25, -0.2) is 0 Å². The third kappa shape index (κ3) is 4.20. The van der Waals surface area contributed by atoms with Crippen LogP contribution in [0.5, 0.6) is 0 Å². The van der Waals surface area contributed by atoms with Gasteiger partial charge >= 0.3 is 0 Å². The second-order valence-electron chi connectivity index (χ2n) is 6.27. The maximum absolute atomic E-state index is 12.6. The monoisotopic (exact) mass is 282 g/mol. The maximum Gasteiger partial charge on any atom is 0.245 e. The summed E-state index contributed by atoms with van der Waals surface area (Å²) in [4.78, 5) is 26.1. The molecule has 0 spiro atoms. The van der Waals surface area contributed by atoms with Gasteiger partial charge in [0, 0.05) is 26.1 Å². The van der Waals surface area contributed by atoms with Crippen LogP contribution in [0.3, 0.4) is 0 Å². The number of hydrogen-bond donors (Lipinski definition) is 1. The molecule has 5 nitrogen and oxygen atoms in total. The fourth-order valence-electron chi connectivity index (χ4n) is 2.90. The maximum atomic E-state index is 12.6. The van der Waals surface area contributed by atoms with Crippen LogP contribution in [0.25, 0.3) is 0 Å². The van der Waals surface area contributed by atoms with E-state index in [1.165, 1.54) is 6.42 Å². The predicted octanol–water partition coefficient (Wildman–Crippen LogP) is 1.32. The highest BCUT2D eigenvalue weighted by atomic mass is 16.5. The molecule has 2 heterocycles. The summed E-state index contributed by atoms with van der Waals surface area (Å²) in [5.74, 6) is 0.421. The van der Waals surface area contributed by atoms with E-state index in [4.69, 9.17) is 4.74 Å². The van der Waals surface area contributed by atoms with Crippen molar-refractivity contribution in [2.75, 3.05) is 19.7 Å². The van der Waals surface area contributed by atoms with Crippen LogP contribution in [-0.4, -0.2) is 48.6 Å². The Hall–Kier alpha value is -1.10. The lowest BCUT2D eigenvalue weighted by molar-refractivity contribution is -0.136. The van der Waals surface area contributed by atoms with Crippen molar-refractivity contribution in [3.8, 4) is 0 Å². The highest BCUT2D eigenvalue weighted by Crippen LogP contribution is 2.17. The van der Waals surface area contributed by atoms with E-state index >= 15 is 0 Å². The molecule has 2 unspecified atom stereocenters. The molecule has 2 atom stereocenters. The lowest BCUT2D eigenvalue weighted by atomic mass is 10.0. The van der Waals surface area contributed by atoms with Crippen LogP contribution < -0.4 is 5.32 Å². The molecule has 2 aliphatic heterocycles. The van der Waals surface area contributed by atoms with Gasteiger partial charge in [0.05, 0.1) is 6.10 Å². The fourth-order valence-corrected chi connectivity index (χ4v) is 2.90. The lowest BCUT2D eigenvalue weighted by Gasteiger charge is -2.30. The Morgan fingerprint density at radius 1 is 1.35 bits per heavy atom. The molecule has 0 radical (unpaired) electrons. The zero-order valence-corrected chi connectivity index (χ0v) is 12.6. The van der Waals surface area contributed by atoms with Crippen molar-refractivity contribution in [3.63, 3.8) is 0 Å². The Bertz CT molecular complexity index is 351. The van der Waals surface area contributed by atoms with Gasteiger partial charge in [0.1, 0.15) is 6.04 Å². The van der Waals surface area contributed by atoms with Crippen LogP contribution >= 0.6 is 0 Å². The SMILES string of the molecule is CC(C)CC1NC(=O)CCN(CC2CCCCO2)C1=O. The number of hydrogen-bond acceptors (Lipinski definition) is 3. The second kappa shape index (κ2) is 7.07. The minimum absolute atomic E-state index is 0.0175. The summed E-state index contributed by atoms with van der Waals surface area (Å²) in [5.41, 5.74) is 0. The van der Waals surface area contributed by atoms with Crippen molar-refractivity contribution < 1.29 is 14.3 Å². The molecule has 20 heavy (non-hydrogen) atoms. The molecule has 5 heteroatoms. The van der Waals surface area contributed by atoms with Gasteiger partial charge in [-0.05, 0) is 31.6 Å². The molecule has 114 valence electrons. The van der Waals surface area contributed by atoms with Gasteiger partial charge in [-0.1, -0.05) is 13.8 Å². The lowest BCUT2D eigenvalue weighted by Crippen LogP contribution is -2.48. The Morgan fingerprint density at radius 3 is 2.80 bits per heavy atom. The van der Waals surface area contributed by atoms with E-state index in [1.807, 2.05) is 4.90 Å². The van der Waals surface area contributed by atoms with E-state index in [-0.39, 0.29) is 24.0 Å². The topological polar surface area (TPSA) is 58.6 Å². The average molecular weight is 282 g/mol. The molecule has 2 fully saturated rings. The first kappa shape index (κ1) is 15.3. The van der Waals surface area contributed by atoms with Crippen molar-refractivity contribution in [1.29, 1.82) is 0 Å². The minimum atomic E-state index is -0.367. The largest absolute Gasteiger partial charge is 0.376 e. The molecular weight excluding hydrogens is 256 g/mol. The number of nitrogens with zero attached hydrogens (tertiary/aromatic N) is 1. The first-order valence-corrected chi connectivity index (χ1v) is 7.76. The number of rotatable bonds is 4. The van der Waals surface area contributed by atoms with Crippen LogP contribution in [0.15, 0.2) is 0 Å². The molecule has 2 aliphatic rings. The molecule has 0 aliphatic carbocycles. The summed E-state index contributed by atoms with van der Waals surface area (Å²) in [5, 5.41) is 2.86. The van der Waals surface area contributed by atoms with Gasteiger partial charge in [0.15, 0.2) is 0 Å². The summed E-state index contributed by atoms with van der Waals surface area (Å²) in [6, 6.07) is -0.367. The highest BCUT2D eigenvalue weighted by molar-refractivity contribution is 5.89. The van der Waals surface area contributed by atoms with Crippen LogP contribution in [0.4, 0.5) is 0 Å². The normalized spacial score (nSPS) is 28.4. The summed E-state index contributed by atoms with van der Waals surface area (Å²) in [7, 11) is 0. The van der Waals surface area contributed by atoms with Gasteiger partial charge < -0.3 is 15.0 Å². The van der Waals surface area contributed by atoms with Gasteiger partial charge in [-0.3, -0.25) is 9.59 Å². The average Bonchev–Trinajstić information content (AvgIpc) is 2.53. The molecule has 0 bridgehead atoms. The van der Waals surface area contributed by atoms with E-state index in [9.17, 15) is 9.59 Å². The molecule has 1 N–H and O–H groups in total. The van der Waals surface area contributed by atoms with Crippen molar-refractivity contribution in [3.05, 3.63) is 0 Å². The van der Waals surface area contributed by atoms with Crippen molar-refractivity contribution >= 4 is 11.8 Å². The zero-order valence-electron chi connectivity index (χ0n) is 12.6. The van der Waals surface area contributed by atoms with Gasteiger partial charge in [-0.15, -0.1) is 0 Å². The van der Waals surface area contributed by atoms with E-state index in [2.05, 4.69) is 19.2 Å². The smallest absolute Gasteiger partial charge is 0.245 e. The molecule has 0 aromatic heterocycles. The van der Waals surface area contributed by atoms with Gasteiger partial charge in [0.2, 0.25) is 11.8 Å². The van der Waals surface area contributed by atoms with Crippen molar-refractivity contribution in [2.45, 2.75) is 58.1 Å². The summed E-state index contributed by atoms with van der Waals surface area (Å²) in [6.45, 7) is 6.07. The Kier molecular flexibility index (Phi) is 5.40. The molecule has 2 amide bonds. The number of ether oxygens (including phenoxy) is 1. The molecular formula is C15H26N2O3. The van der Waals surface area contributed by atoms with Gasteiger partial charge in [-0.2, -0.15) is 0 Å². The summed E-state index contributed by atoms with van der Waals surface area (Å²) < 4.78 is 5.71. The van der Waals surface area contributed by atoms with E-state index in [1.54, 1.807) is 0 Å². The molecule has 0 saturated carbocycles. The zero-order chi connectivity index (χ0) is 14.5. The Morgan fingerprint density at radius 2 is 2.15 bits per heavy atom. The number of carbonyl (C=O) groups is 2. The quantitative estimate of drug-likeness (QED) is 0.846. The number of carbonyl (C=O) groups excluding carboxylic acids is 2. The number of amides is 2. The first-order chi connectivity index (χ1) is 9.56. The van der Waals surface area contributed by atoms with Gasteiger partial charge in [0.25, 0.3) is 0 Å². The van der Waals surface area contributed by atoms with Crippen LogP contribution in [0.1, 0.15) is 46.0 Å². The standard InChI is InChI=1S/C15H26N2O3/c1-11(2)9-13-15(19)17(7-6-14(18)16-13)10-12-5-3-4-8-20-12/h11-13H,3-10H2,1-2H3,(H,16,18). The Labute approximate surface area is 121 Å². The Balaban J connectivity index is 1.98. The fraction of sp³-hybridized carbons (Fsp3) is 0.867. The van der Waals surface area contributed by atoms with E-state index in [0.717, 1.165) is 19.4 Å². The van der Waals surface area contributed by atoms with Crippen molar-refractivity contribution in [2.24, 2.45) is 5.92 Å². The van der Waals surface area contributed by atoms with Crippen LogP contribution in [0.2, 0.25) is 0 Å². The highest BCUT2D eigenvalue weighted by Gasteiger charge is 2.31. The molecule has 0 aromatic carbocycles. The van der Waals surface area contributed by atoms with Crippen LogP contribution in [-0.2, 0) is 14.3 Å². The first-order valence-electron chi connectivity index (χ1n) is 7.76. The summed E-state index contributed by atoms with van der Waals surface area (Å²) in [6.07, 6.45) is 4.53. The third-order valence-electron chi connectivity index (χ3n) is 3.96. The molecule has 2 saturated heterocycles. The minimum Gasteiger partial charge on any atom is -0.376 e. The van der Waals surface area contributed by atoms with E-state index in [0.29, 0.717) is 31.8 Å². The third-order valence-corrected chi connectivity index (χ3v) is 3.96. The second-order valence-corrected chi connectivity index (χ2v) is 6.27. The molecule has 0 aromatic rings. The predicted molar refractivity (Wildman–Crippen MR) is 76.2 cm³/mol. The van der Waals surface area contributed by atoms with Crippen molar-refractivity contribution in [1.82, 2.24) is 10.2 Å². The molecule has 2 rings (SSSR count). The number of nitrogens with one attached hydrogen (secondary N) is 1.